The zero-order valence-electron chi connectivity index (χ0n) is 9.88. The second kappa shape index (κ2) is 5.55. The Bertz CT molecular complexity index is 509. The number of benzene rings is 2. The molecule has 0 saturated carbocycles. The van der Waals surface area contributed by atoms with Crippen LogP contribution in [0, 0.1) is 0 Å². The van der Waals surface area contributed by atoms with Crippen LogP contribution in [0.5, 0.6) is 5.75 Å². The number of phenols is 1. The summed E-state index contributed by atoms with van der Waals surface area (Å²) >= 11 is 3.33. The van der Waals surface area contributed by atoms with Crippen molar-refractivity contribution in [2.45, 2.75) is 17.4 Å². The van der Waals surface area contributed by atoms with Crippen molar-refractivity contribution >= 4 is 15.9 Å². The summed E-state index contributed by atoms with van der Waals surface area (Å²) < 4.78 is -1.11. The van der Waals surface area contributed by atoms with Crippen LogP contribution in [0.15, 0.2) is 54.6 Å². The number of phenolic OH excluding ortho intramolecular Hbond substituents is 1. The Morgan fingerprint density at radius 2 is 1.72 bits per heavy atom. The fourth-order valence-corrected chi connectivity index (χ4v) is 2.29. The minimum atomic E-state index is -1.11. The summed E-state index contributed by atoms with van der Waals surface area (Å²) in [6.45, 7) is 0. The SMILES string of the molecule is Oc1cccc(C(O)(Br)CCc2ccccc2)c1. The summed E-state index contributed by atoms with van der Waals surface area (Å²) in [7, 11) is 0. The maximum Gasteiger partial charge on any atom is 0.145 e. The number of hydrogen-bond acceptors (Lipinski definition) is 2. The van der Waals surface area contributed by atoms with Gasteiger partial charge in [0.05, 0.1) is 0 Å². The molecule has 2 N–H and O–H groups in total. The van der Waals surface area contributed by atoms with E-state index in [9.17, 15) is 10.2 Å². The van der Waals surface area contributed by atoms with E-state index in [4.69, 9.17) is 0 Å². The van der Waals surface area contributed by atoms with E-state index in [1.54, 1.807) is 24.3 Å². The first-order valence-corrected chi connectivity index (χ1v) is 6.62. The number of aryl methyl sites for hydroxylation is 1. The normalized spacial score (nSPS) is 14.1. The van der Waals surface area contributed by atoms with Gasteiger partial charge in [-0.2, -0.15) is 0 Å². The Morgan fingerprint density at radius 3 is 2.39 bits per heavy atom. The van der Waals surface area contributed by atoms with E-state index in [-0.39, 0.29) is 5.75 Å². The molecule has 3 heteroatoms. The van der Waals surface area contributed by atoms with E-state index in [0.29, 0.717) is 12.0 Å². The van der Waals surface area contributed by atoms with Crippen LogP contribution in [-0.2, 0) is 10.9 Å². The smallest absolute Gasteiger partial charge is 0.145 e. The van der Waals surface area contributed by atoms with Gasteiger partial charge in [-0.25, -0.2) is 0 Å². The fourth-order valence-electron chi connectivity index (χ4n) is 1.84. The van der Waals surface area contributed by atoms with Gasteiger partial charge in [0, 0.05) is 0 Å². The molecule has 0 amide bonds. The van der Waals surface area contributed by atoms with Crippen molar-refractivity contribution in [2.75, 3.05) is 0 Å². The van der Waals surface area contributed by atoms with E-state index < -0.39 is 4.51 Å². The van der Waals surface area contributed by atoms with Crippen molar-refractivity contribution in [1.82, 2.24) is 0 Å². The molecule has 18 heavy (non-hydrogen) atoms. The van der Waals surface area contributed by atoms with E-state index in [2.05, 4.69) is 15.9 Å². The monoisotopic (exact) mass is 306 g/mol. The first kappa shape index (κ1) is 13.1. The van der Waals surface area contributed by atoms with E-state index >= 15 is 0 Å². The van der Waals surface area contributed by atoms with Crippen LogP contribution < -0.4 is 0 Å². The lowest BCUT2D eigenvalue weighted by Crippen LogP contribution is -2.17. The van der Waals surface area contributed by atoms with Crippen LogP contribution in [-0.4, -0.2) is 10.2 Å². The summed E-state index contributed by atoms with van der Waals surface area (Å²) in [5.74, 6) is 0.157. The molecule has 0 aliphatic rings. The fraction of sp³-hybridized carbons (Fsp3) is 0.200. The Morgan fingerprint density at radius 1 is 1.00 bits per heavy atom. The topological polar surface area (TPSA) is 40.5 Å². The highest BCUT2D eigenvalue weighted by Gasteiger charge is 2.25. The molecule has 2 nitrogen and oxygen atoms in total. The summed E-state index contributed by atoms with van der Waals surface area (Å²) in [5.41, 5.74) is 1.84. The van der Waals surface area contributed by atoms with Crippen molar-refractivity contribution in [2.24, 2.45) is 0 Å². The van der Waals surface area contributed by atoms with Crippen LogP contribution in [0.2, 0.25) is 0 Å². The highest BCUT2D eigenvalue weighted by atomic mass is 79.9. The number of hydrogen-bond donors (Lipinski definition) is 2. The number of rotatable bonds is 4. The second-order valence-electron chi connectivity index (χ2n) is 4.30. The van der Waals surface area contributed by atoms with Gasteiger partial charge in [-0.3, -0.25) is 0 Å². The maximum atomic E-state index is 10.4. The Kier molecular flexibility index (Phi) is 4.04. The molecule has 0 spiro atoms. The van der Waals surface area contributed by atoms with E-state index in [1.807, 2.05) is 30.3 Å². The number of alkyl halides is 1. The largest absolute Gasteiger partial charge is 0.508 e. The Balaban J connectivity index is 2.08. The molecule has 2 aromatic rings. The third kappa shape index (κ3) is 3.34. The minimum Gasteiger partial charge on any atom is -0.508 e. The van der Waals surface area contributed by atoms with Gasteiger partial charge in [0.15, 0.2) is 0 Å². The van der Waals surface area contributed by atoms with Crippen molar-refractivity contribution < 1.29 is 10.2 Å². The van der Waals surface area contributed by atoms with Crippen LogP contribution in [0.25, 0.3) is 0 Å². The summed E-state index contributed by atoms with van der Waals surface area (Å²) in [6.07, 6.45) is 1.30. The zero-order chi connectivity index (χ0) is 13.0. The first-order chi connectivity index (χ1) is 8.58. The maximum absolute atomic E-state index is 10.4. The molecule has 0 saturated heterocycles. The van der Waals surface area contributed by atoms with Gasteiger partial charge in [-0.05, 0) is 52.0 Å². The van der Waals surface area contributed by atoms with Gasteiger partial charge in [0.2, 0.25) is 0 Å². The molecular weight excluding hydrogens is 292 g/mol. The predicted octanol–water partition coefficient (Wildman–Crippen LogP) is 3.57. The lowest BCUT2D eigenvalue weighted by Gasteiger charge is -2.21. The lowest BCUT2D eigenvalue weighted by molar-refractivity contribution is 0.135. The molecule has 0 fully saturated rings. The van der Waals surface area contributed by atoms with Crippen molar-refractivity contribution in [1.29, 1.82) is 0 Å². The highest BCUT2D eigenvalue weighted by molar-refractivity contribution is 9.09. The first-order valence-electron chi connectivity index (χ1n) is 5.83. The van der Waals surface area contributed by atoms with Gasteiger partial charge in [0.25, 0.3) is 0 Å². The number of aliphatic hydroxyl groups is 1. The van der Waals surface area contributed by atoms with Gasteiger partial charge in [-0.15, -0.1) is 0 Å². The molecule has 0 heterocycles. The van der Waals surface area contributed by atoms with E-state index in [0.717, 1.165) is 6.42 Å². The van der Waals surface area contributed by atoms with Gasteiger partial charge >= 0.3 is 0 Å². The Labute approximate surface area is 115 Å². The Hall–Kier alpha value is -1.32. The van der Waals surface area contributed by atoms with Crippen LogP contribution in [0.4, 0.5) is 0 Å². The van der Waals surface area contributed by atoms with Crippen LogP contribution in [0.1, 0.15) is 17.5 Å². The third-order valence-electron chi connectivity index (χ3n) is 2.88. The van der Waals surface area contributed by atoms with Crippen molar-refractivity contribution in [3.8, 4) is 5.75 Å². The van der Waals surface area contributed by atoms with Gasteiger partial charge in [-0.1, -0.05) is 42.5 Å². The van der Waals surface area contributed by atoms with Gasteiger partial charge < -0.3 is 10.2 Å². The third-order valence-corrected chi connectivity index (χ3v) is 3.73. The average molecular weight is 307 g/mol. The molecule has 1 unspecified atom stereocenters. The number of halogens is 1. The molecule has 1 atom stereocenters. The lowest BCUT2D eigenvalue weighted by atomic mass is 10.0. The zero-order valence-corrected chi connectivity index (χ0v) is 11.5. The van der Waals surface area contributed by atoms with Gasteiger partial charge in [0.1, 0.15) is 10.3 Å². The molecule has 0 aliphatic carbocycles. The number of aromatic hydroxyl groups is 1. The molecule has 0 aromatic heterocycles. The standard InChI is InChI=1S/C15H15BrO2/c16-15(18,13-7-4-8-14(17)11-13)10-9-12-5-2-1-3-6-12/h1-8,11,17-18H,9-10H2. The van der Waals surface area contributed by atoms with Crippen LogP contribution in [0.3, 0.4) is 0 Å². The van der Waals surface area contributed by atoms with E-state index in [1.165, 1.54) is 5.56 Å². The highest BCUT2D eigenvalue weighted by Crippen LogP contribution is 2.34. The molecule has 0 bridgehead atoms. The molecular formula is C15H15BrO2. The molecule has 0 aliphatic heterocycles. The summed E-state index contributed by atoms with van der Waals surface area (Å²) in [4.78, 5) is 0. The molecule has 2 aromatic carbocycles. The minimum absolute atomic E-state index is 0.157. The average Bonchev–Trinajstić information content (AvgIpc) is 2.38. The quantitative estimate of drug-likeness (QED) is 0.848. The van der Waals surface area contributed by atoms with Crippen molar-refractivity contribution in [3.05, 3.63) is 65.7 Å². The summed E-state index contributed by atoms with van der Waals surface area (Å²) in [5, 5.41) is 19.8. The molecule has 0 radical (unpaired) electrons. The second-order valence-corrected chi connectivity index (χ2v) is 5.61. The van der Waals surface area contributed by atoms with Crippen LogP contribution >= 0.6 is 15.9 Å². The predicted molar refractivity (Wildman–Crippen MR) is 75.7 cm³/mol. The summed E-state index contributed by atoms with van der Waals surface area (Å²) in [6, 6.07) is 16.7. The molecule has 2 rings (SSSR count). The molecule has 94 valence electrons. The van der Waals surface area contributed by atoms with Crippen molar-refractivity contribution in [3.63, 3.8) is 0 Å².